The summed E-state index contributed by atoms with van der Waals surface area (Å²) in [5.74, 6) is -0.217. The van der Waals surface area contributed by atoms with Crippen molar-refractivity contribution < 1.29 is 18.1 Å². The van der Waals surface area contributed by atoms with Crippen molar-refractivity contribution in [1.82, 2.24) is 24.5 Å². The van der Waals surface area contributed by atoms with Gasteiger partial charge in [0, 0.05) is 50.5 Å². The molecule has 0 amide bonds. The van der Waals surface area contributed by atoms with Gasteiger partial charge >= 0.3 is 0 Å². The summed E-state index contributed by atoms with van der Waals surface area (Å²) < 4.78 is 91.5. The van der Waals surface area contributed by atoms with Gasteiger partial charge in [0.05, 0.1) is 24.7 Å². The van der Waals surface area contributed by atoms with Crippen LogP contribution in [-0.4, -0.2) is 24.5 Å². The first-order valence-electron chi connectivity index (χ1n) is 18.7. The molecule has 0 fully saturated rings. The summed E-state index contributed by atoms with van der Waals surface area (Å²) in [4.78, 5) is 18.1. The standard InChI is InChI=1S/C38H23N5O/c1-3-11-24(12-4-1)36-40-37(25-13-5-2-6-14-25)42-38(41-36)26-19-20-35(39-23-26)43-31-17-9-7-15-27(31)29-21-30-28-16-8-10-18-33(28)44-34(30)22-32(29)43/h1-23H/i1D,2D,3D,4D,5D,6D,11D,12D,13D,14D. The fourth-order valence-corrected chi connectivity index (χ4v) is 5.54. The predicted molar refractivity (Wildman–Crippen MR) is 176 cm³/mol. The fourth-order valence-electron chi connectivity index (χ4n) is 5.54. The molecule has 0 aliphatic rings. The number of hydrogen-bond donors (Lipinski definition) is 0. The molecule has 0 bridgehead atoms. The van der Waals surface area contributed by atoms with Crippen molar-refractivity contribution in [1.29, 1.82) is 0 Å². The molecule has 0 N–H and O–H groups in total. The van der Waals surface area contributed by atoms with E-state index in [9.17, 15) is 0 Å². The maximum Gasteiger partial charge on any atom is 0.165 e. The average molecular weight is 576 g/mol. The Bertz CT molecular complexity index is 2920. The molecule has 0 saturated carbocycles. The van der Waals surface area contributed by atoms with Gasteiger partial charge in [-0.2, -0.15) is 0 Å². The summed E-state index contributed by atoms with van der Waals surface area (Å²) in [7, 11) is 0. The van der Waals surface area contributed by atoms with Crippen molar-refractivity contribution in [2.75, 3.05) is 0 Å². The molecular weight excluding hydrogens is 542 g/mol. The van der Waals surface area contributed by atoms with E-state index in [-0.39, 0.29) is 28.6 Å². The number of fused-ring (bicyclic) bond motifs is 6. The van der Waals surface area contributed by atoms with Crippen LogP contribution in [0.5, 0.6) is 0 Å². The van der Waals surface area contributed by atoms with Crippen molar-refractivity contribution in [3.63, 3.8) is 0 Å². The molecule has 0 unspecified atom stereocenters. The van der Waals surface area contributed by atoms with Crippen LogP contribution in [0.4, 0.5) is 0 Å². The molecule has 0 aliphatic carbocycles. The summed E-state index contributed by atoms with van der Waals surface area (Å²) >= 11 is 0. The van der Waals surface area contributed by atoms with E-state index in [2.05, 4.69) is 21.0 Å². The molecule has 9 rings (SSSR count). The molecule has 4 aromatic heterocycles. The number of nitrogens with zero attached hydrogens (tertiary/aromatic N) is 5. The van der Waals surface area contributed by atoms with Gasteiger partial charge < -0.3 is 4.42 Å². The lowest BCUT2D eigenvalue weighted by Gasteiger charge is -2.10. The largest absolute Gasteiger partial charge is 0.456 e. The van der Waals surface area contributed by atoms with Gasteiger partial charge in [-0.05, 0) is 30.3 Å². The molecule has 6 nitrogen and oxygen atoms in total. The van der Waals surface area contributed by atoms with Crippen LogP contribution in [0.15, 0.2) is 144 Å². The number of rotatable bonds is 4. The Morgan fingerprint density at radius 2 is 1.16 bits per heavy atom. The third-order valence-corrected chi connectivity index (χ3v) is 7.49. The van der Waals surface area contributed by atoms with Crippen molar-refractivity contribution in [2.45, 2.75) is 0 Å². The highest BCUT2D eigenvalue weighted by Gasteiger charge is 2.18. The molecule has 6 heteroatoms. The van der Waals surface area contributed by atoms with E-state index in [1.165, 1.54) is 6.20 Å². The molecular formula is C38H23N5O. The Morgan fingerprint density at radius 3 is 1.84 bits per heavy atom. The molecule has 206 valence electrons. The summed E-state index contributed by atoms with van der Waals surface area (Å²) in [6.45, 7) is 0. The molecule has 0 saturated heterocycles. The lowest BCUT2D eigenvalue weighted by atomic mass is 10.1. The number of pyridine rings is 1. The number of furan rings is 1. The van der Waals surface area contributed by atoms with Crippen molar-refractivity contribution in [2.24, 2.45) is 0 Å². The second-order valence-electron chi connectivity index (χ2n) is 10.0. The van der Waals surface area contributed by atoms with E-state index in [0.717, 1.165) is 43.7 Å². The van der Waals surface area contributed by atoms with E-state index in [1.807, 2.05) is 59.2 Å². The van der Waals surface area contributed by atoms with Crippen LogP contribution in [0.25, 0.3) is 83.7 Å². The molecule has 0 spiro atoms. The first kappa shape index (κ1) is 16.5. The first-order chi connectivity index (χ1) is 25.9. The minimum atomic E-state index is -0.616. The molecule has 0 aliphatic heterocycles. The summed E-state index contributed by atoms with van der Waals surface area (Å²) in [6.07, 6.45) is 1.50. The Morgan fingerprint density at radius 1 is 0.523 bits per heavy atom. The maximum absolute atomic E-state index is 8.57. The molecule has 9 aromatic rings. The molecule has 4 heterocycles. The quantitative estimate of drug-likeness (QED) is 0.209. The van der Waals surface area contributed by atoms with Crippen molar-refractivity contribution >= 4 is 43.7 Å². The zero-order valence-corrected chi connectivity index (χ0v) is 22.6. The van der Waals surface area contributed by atoms with Crippen LogP contribution in [0.1, 0.15) is 13.7 Å². The van der Waals surface area contributed by atoms with Crippen LogP contribution >= 0.6 is 0 Å². The van der Waals surface area contributed by atoms with Gasteiger partial charge in [0.15, 0.2) is 17.5 Å². The Labute approximate surface area is 266 Å². The van der Waals surface area contributed by atoms with E-state index >= 15 is 0 Å². The van der Waals surface area contributed by atoms with Crippen molar-refractivity contribution in [3.8, 4) is 40.0 Å². The normalized spacial score (nSPS) is 14.8. The number of benzene rings is 5. The van der Waals surface area contributed by atoms with Crippen LogP contribution in [0.3, 0.4) is 0 Å². The fraction of sp³-hybridized carbons (Fsp3) is 0. The third kappa shape index (κ3) is 3.89. The summed E-state index contributed by atoms with van der Waals surface area (Å²) in [6, 6.07) is 17.4. The van der Waals surface area contributed by atoms with Gasteiger partial charge in [-0.1, -0.05) is 96.8 Å². The van der Waals surface area contributed by atoms with Gasteiger partial charge in [0.25, 0.3) is 0 Å². The van der Waals surface area contributed by atoms with Gasteiger partial charge in [-0.15, -0.1) is 0 Å². The van der Waals surface area contributed by atoms with Gasteiger partial charge in [-0.3, -0.25) is 4.57 Å². The highest BCUT2D eigenvalue weighted by Crippen LogP contribution is 2.38. The van der Waals surface area contributed by atoms with E-state index in [0.29, 0.717) is 11.4 Å². The van der Waals surface area contributed by atoms with E-state index < -0.39 is 60.4 Å². The first-order valence-corrected chi connectivity index (χ1v) is 13.7. The minimum Gasteiger partial charge on any atom is -0.456 e. The van der Waals surface area contributed by atoms with Crippen LogP contribution < -0.4 is 0 Å². The van der Waals surface area contributed by atoms with Gasteiger partial charge in [-0.25, -0.2) is 19.9 Å². The highest BCUT2D eigenvalue weighted by molar-refractivity contribution is 6.17. The number of para-hydroxylation sites is 2. The smallest absolute Gasteiger partial charge is 0.165 e. The zero-order chi connectivity index (χ0) is 37.7. The number of hydrogen-bond acceptors (Lipinski definition) is 5. The minimum absolute atomic E-state index is 0.0705. The molecule has 44 heavy (non-hydrogen) atoms. The van der Waals surface area contributed by atoms with Gasteiger partial charge in [0.2, 0.25) is 0 Å². The monoisotopic (exact) mass is 575 g/mol. The second-order valence-corrected chi connectivity index (χ2v) is 10.0. The molecule has 0 atom stereocenters. The Balaban J connectivity index is 1.25. The van der Waals surface area contributed by atoms with Gasteiger partial charge in [0.1, 0.15) is 17.0 Å². The van der Waals surface area contributed by atoms with Crippen molar-refractivity contribution in [3.05, 3.63) is 139 Å². The number of aromatic nitrogens is 5. The lowest BCUT2D eigenvalue weighted by molar-refractivity contribution is 0.669. The van der Waals surface area contributed by atoms with E-state index in [1.54, 1.807) is 12.1 Å². The van der Waals surface area contributed by atoms with E-state index in [4.69, 9.17) is 23.1 Å². The predicted octanol–water partition coefficient (Wildman–Crippen LogP) is 9.26. The molecule has 5 aromatic carbocycles. The SMILES string of the molecule is [2H]c1c([2H])c([2H])c(-c2nc(-c3ccc(-n4c5ccccc5c5cc6c(cc54)oc4ccccc46)nc3)nc(-c3c([2H])c([2H])c([2H])c([2H])c3[2H])n2)c([2H])c1[2H]. The average Bonchev–Trinajstić information content (AvgIpc) is 3.71. The van der Waals surface area contributed by atoms with Crippen LogP contribution in [0.2, 0.25) is 0 Å². The summed E-state index contributed by atoms with van der Waals surface area (Å²) in [5.41, 5.74) is 2.89. The lowest BCUT2D eigenvalue weighted by Crippen LogP contribution is -2.01. The van der Waals surface area contributed by atoms with Crippen LogP contribution in [0, 0.1) is 0 Å². The summed E-state index contributed by atoms with van der Waals surface area (Å²) in [5, 5.41) is 4.01. The Kier molecular flexibility index (Phi) is 3.64. The third-order valence-electron chi connectivity index (χ3n) is 7.49. The van der Waals surface area contributed by atoms with Crippen LogP contribution in [-0.2, 0) is 0 Å². The topological polar surface area (TPSA) is 69.6 Å². The maximum atomic E-state index is 8.57. The highest BCUT2D eigenvalue weighted by atomic mass is 16.3. The molecule has 0 radical (unpaired) electrons. The Hall–Kier alpha value is -6.14. The zero-order valence-electron chi connectivity index (χ0n) is 32.6. The second kappa shape index (κ2) is 9.71.